The summed E-state index contributed by atoms with van der Waals surface area (Å²) in [5.74, 6) is -0.956. The third kappa shape index (κ3) is 6.88. The van der Waals surface area contributed by atoms with Crippen molar-refractivity contribution in [2.75, 3.05) is 20.8 Å². The summed E-state index contributed by atoms with van der Waals surface area (Å²) >= 11 is 0. The van der Waals surface area contributed by atoms with Crippen molar-refractivity contribution in [3.8, 4) is 0 Å². The molecule has 1 aliphatic rings. The van der Waals surface area contributed by atoms with Crippen LogP contribution in [0.4, 0.5) is 0 Å². The Morgan fingerprint density at radius 1 is 1.00 bits per heavy atom. The minimum atomic E-state index is -3.92. The highest BCUT2D eigenvalue weighted by Crippen LogP contribution is 2.32. The maximum Gasteiger partial charge on any atom is 0.338 e. The lowest BCUT2D eigenvalue weighted by Gasteiger charge is -2.33. The maximum absolute atomic E-state index is 13.1. The van der Waals surface area contributed by atoms with Crippen LogP contribution in [0.5, 0.6) is 0 Å². The standard InChI is InChI=1S/C25H31NO7S/c1-31-17-23(19-11-13-20(14-12-19)24(27)32-2)26-34(29,30)22-10-6-9-21(15-22)25(28)33-16-18-7-4-3-5-8-18/h3-10,15,19-20,23,26H,11-14,16-17H2,1-2H3/t19-,20-,23?. The summed E-state index contributed by atoms with van der Waals surface area (Å²) in [5.41, 5.74) is 0.992. The SMILES string of the molecule is COCC(NS(=O)(=O)c1cccc(C(=O)OCc2ccccc2)c1)[C@H]1CC[C@H](C(=O)OC)CC1. The van der Waals surface area contributed by atoms with Gasteiger partial charge in [0.15, 0.2) is 0 Å². The molecule has 9 heteroatoms. The van der Waals surface area contributed by atoms with Crippen molar-refractivity contribution in [1.82, 2.24) is 4.72 Å². The lowest BCUT2D eigenvalue weighted by molar-refractivity contribution is -0.146. The van der Waals surface area contributed by atoms with Gasteiger partial charge in [-0.1, -0.05) is 36.4 Å². The van der Waals surface area contributed by atoms with Crippen molar-refractivity contribution in [1.29, 1.82) is 0 Å². The van der Waals surface area contributed by atoms with Crippen molar-refractivity contribution in [3.05, 3.63) is 65.7 Å². The first kappa shape index (κ1) is 25.9. The van der Waals surface area contributed by atoms with Crippen LogP contribution in [0.2, 0.25) is 0 Å². The van der Waals surface area contributed by atoms with Gasteiger partial charge in [0.2, 0.25) is 10.0 Å². The highest BCUT2D eigenvalue weighted by molar-refractivity contribution is 7.89. The van der Waals surface area contributed by atoms with E-state index in [1.54, 1.807) is 0 Å². The number of methoxy groups -OCH3 is 2. The molecule has 3 rings (SSSR count). The molecule has 0 spiro atoms. The number of hydrogen-bond acceptors (Lipinski definition) is 7. The summed E-state index contributed by atoms with van der Waals surface area (Å²) in [6.45, 7) is 0.296. The molecule has 0 aromatic heterocycles. The van der Waals surface area contributed by atoms with Crippen LogP contribution in [0.15, 0.2) is 59.5 Å². The van der Waals surface area contributed by atoms with Crippen LogP contribution < -0.4 is 4.72 Å². The number of rotatable bonds is 10. The summed E-state index contributed by atoms with van der Waals surface area (Å²) in [5, 5.41) is 0. The number of sulfonamides is 1. The Hall–Kier alpha value is -2.75. The zero-order chi connectivity index (χ0) is 24.6. The number of esters is 2. The van der Waals surface area contributed by atoms with Gasteiger partial charge in [0.05, 0.1) is 30.1 Å². The molecule has 1 aliphatic carbocycles. The van der Waals surface area contributed by atoms with Gasteiger partial charge in [-0.25, -0.2) is 17.9 Å². The van der Waals surface area contributed by atoms with Gasteiger partial charge in [-0.15, -0.1) is 0 Å². The molecule has 2 aromatic rings. The molecule has 1 fully saturated rings. The summed E-state index contributed by atoms with van der Waals surface area (Å²) in [4.78, 5) is 24.3. The fourth-order valence-corrected chi connectivity index (χ4v) is 5.57. The number of benzene rings is 2. The van der Waals surface area contributed by atoms with Gasteiger partial charge >= 0.3 is 11.9 Å². The van der Waals surface area contributed by atoms with Crippen molar-refractivity contribution >= 4 is 22.0 Å². The Morgan fingerprint density at radius 2 is 1.71 bits per heavy atom. The molecule has 0 aliphatic heterocycles. The van der Waals surface area contributed by atoms with Gasteiger partial charge in [-0.2, -0.15) is 0 Å². The van der Waals surface area contributed by atoms with Crippen LogP contribution >= 0.6 is 0 Å². The molecule has 184 valence electrons. The van der Waals surface area contributed by atoms with E-state index in [1.807, 2.05) is 30.3 Å². The quantitative estimate of drug-likeness (QED) is 0.510. The van der Waals surface area contributed by atoms with E-state index >= 15 is 0 Å². The fraction of sp³-hybridized carbons (Fsp3) is 0.440. The van der Waals surface area contributed by atoms with Gasteiger partial charge in [0.1, 0.15) is 6.61 Å². The molecule has 0 heterocycles. The van der Waals surface area contributed by atoms with Gasteiger partial charge < -0.3 is 14.2 Å². The average Bonchev–Trinajstić information content (AvgIpc) is 2.87. The van der Waals surface area contributed by atoms with Crippen LogP contribution in [0.1, 0.15) is 41.6 Å². The Balaban J connectivity index is 1.67. The van der Waals surface area contributed by atoms with Gasteiger partial charge in [0.25, 0.3) is 0 Å². The van der Waals surface area contributed by atoms with E-state index in [1.165, 1.54) is 38.5 Å². The first-order valence-corrected chi connectivity index (χ1v) is 12.7. The van der Waals surface area contributed by atoms with Gasteiger partial charge in [-0.05, 0) is 55.4 Å². The third-order valence-electron chi connectivity index (χ3n) is 6.12. The smallest absolute Gasteiger partial charge is 0.338 e. The zero-order valence-electron chi connectivity index (χ0n) is 19.4. The molecule has 1 unspecified atom stereocenters. The first-order valence-electron chi connectivity index (χ1n) is 11.2. The Labute approximate surface area is 200 Å². The molecular weight excluding hydrogens is 458 g/mol. The van der Waals surface area contributed by atoms with Crippen molar-refractivity contribution in [2.45, 2.75) is 43.2 Å². The second-order valence-electron chi connectivity index (χ2n) is 8.41. The molecule has 8 nitrogen and oxygen atoms in total. The number of hydrogen-bond donors (Lipinski definition) is 1. The first-order chi connectivity index (χ1) is 16.3. The van der Waals surface area contributed by atoms with Gasteiger partial charge in [-0.3, -0.25) is 4.79 Å². The minimum absolute atomic E-state index is 0.0222. The third-order valence-corrected chi connectivity index (χ3v) is 7.61. The molecule has 2 aromatic carbocycles. The molecule has 1 atom stereocenters. The van der Waals surface area contributed by atoms with E-state index in [-0.39, 0.29) is 41.5 Å². The summed E-state index contributed by atoms with van der Waals surface area (Å²) < 4.78 is 44.5. The molecule has 0 amide bonds. The van der Waals surface area contributed by atoms with Crippen LogP contribution in [-0.4, -0.2) is 47.2 Å². The van der Waals surface area contributed by atoms with E-state index < -0.39 is 22.0 Å². The van der Waals surface area contributed by atoms with Crippen molar-refractivity contribution < 1.29 is 32.2 Å². The average molecular weight is 490 g/mol. The molecule has 0 bridgehead atoms. The number of nitrogens with one attached hydrogen (secondary N) is 1. The number of ether oxygens (including phenoxy) is 3. The summed E-state index contributed by atoms with van der Waals surface area (Å²) in [7, 11) is -1.02. The highest BCUT2D eigenvalue weighted by Gasteiger charge is 2.33. The normalized spacial score (nSPS) is 19.2. The highest BCUT2D eigenvalue weighted by atomic mass is 32.2. The fourth-order valence-electron chi connectivity index (χ4n) is 4.23. The monoisotopic (exact) mass is 489 g/mol. The maximum atomic E-state index is 13.1. The van der Waals surface area contributed by atoms with Gasteiger partial charge in [0, 0.05) is 13.2 Å². The largest absolute Gasteiger partial charge is 0.469 e. The number of carbonyl (C=O) groups excluding carboxylic acids is 2. The van der Waals surface area contributed by atoms with Crippen LogP contribution in [-0.2, 0) is 35.6 Å². The molecule has 0 radical (unpaired) electrons. The van der Waals surface area contributed by atoms with Crippen LogP contribution in [0.3, 0.4) is 0 Å². The second-order valence-corrected chi connectivity index (χ2v) is 10.1. The molecule has 34 heavy (non-hydrogen) atoms. The van der Waals surface area contributed by atoms with E-state index in [0.29, 0.717) is 25.7 Å². The Morgan fingerprint density at radius 3 is 2.35 bits per heavy atom. The van der Waals surface area contributed by atoms with Crippen LogP contribution in [0, 0.1) is 11.8 Å². The van der Waals surface area contributed by atoms with Crippen molar-refractivity contribution in [2.24, 2.45) is 11.8 Å². The molecule has 0 saturated heterocycles. The van der Waals surface area contributed by atoms with E-state index in [0.717, 1.165) is 5.56 Å². The lowest BCUT2D eigenvalue weighted by Crippen LogP contribution is -2.44. The Kier molecular flexibility index (Phi) is 9.20. The summed E-state index contributed by atoms with van der Waals surface area (Å²) in [6, 6.07) is 14.6. The zero-order valence-corrected chi connectivity index (χ0v) is 20.3. The van der Waals surface area contributed by atoms with E-state index in [9.17, 15) is 18.0 Å². The Bertz CT molecular complexity index is 1060. The predicted molar refractivity (Wildman–Crippen MR) is 125 cm³/mol. The topological polar surface area (TPSA) is 108 Å². The summed E-state index contributed by atoms with van der Waals surface area (Å²) in [6.07, 6.45) is 2.65. The predicted octanol–water partition coefficient (Wildman–Crippen LogP) is 3.32. The number of carbonyl (C=O) groups is 2. The molecular formula is C25H31NO7S. The minimum Gasteiger partial charge on any atom is -0.469 e. The molecule has 1 N–H and O–H groups in total. The van der Waals surface area contributed by atoms with Crippen molar-refractivity contribution in [3.63, 3.8) is 0 Å². The van der Waals surface area contributed by atoms with E-state index in [4.69, 9.17) is 14.2 Å². The van der Waals surface area contributed by atoms with E-state index in [2.05, 4.69) is 4.72 Å². The molecule has 1 saturated carbocycles. The lowest BCUT2D eigenvalue weighted by atomic mass is 9.79. The second kappa shape index (κ2) is 12.1. The van der Waals surface area contributed by atoms with Crippen LogP contribution in [0.25, 0.3) is 0 Å².